The summed E-state index contributed by atoms with van der Waals surface area (Å²) in [5.41, 5.74) is 2.07. The molecule has 3 aliphatic rings. The Hall–Kier alpha value is -1.82. The van der Waals surface area contributed by atoms with Crippen LogP contribution in [0.4, 0.5) is 0 Å². The quantitative estimate of drug-likeness (QED) is 0.796. The molecule has 128 valence electrons. The molecule has 1 aromatic carbocycles. The topological polar surface area (TPSA) is 40.2 Å². The van der Waals surface area contributed by atoms with E-state index in [-0.39, 0.29) is 24.4 Å². The molecule has 0 amide bonds. The van der Waals surface area contributed by atoms with Crippen LogP contribution in [0.25, 0.3) is 0 Å². The van der Waals surface area contributed by atoms with E-state index in [1.54, 1.807) is 7.11 Å². The van der Waals surface area contributed by atoms with E-state index in [2.05, 4.69) is 55.4 Å². The lowest BCUT2D eigenvalue weighted by atomic mass is 9.69. The summed E-state index contributed by atoms with van der Waals surface area (Å²) < 4.78 is 22.8. The lowest BCUT2D eigenvalue weighted by molar-refractivity contribution is -0.0174. The molecular formula is C19H23NO4. The van der Waals surface area contributed by atoms with Gasteiger partial charge in [-0.3, -0.25) is 0 Å². The van der Waals surface area contributed by atoms with Crippen LogP contribution in [0.5, 0.6) is 11.5 Å². The van der Waals surface area contributed by atoms with Gasteiger partial charge in [0.1, 0.15) is 0 Å². The predicted octanol–water partition coefficient (Wildman–Crippen LogP) is 2.25. The number of benzene rings is 1. The third-order valence-electron chi connectivity index (χ3n) is 4.96. The number of hydrogen-bond acceptors (Lipinski definition) is 5. The lowest BCUT2D eigenvalue weighted by Gasteiger charge is -2.44. The SMILES string of the molecule is COC1C=CC2(C=C1)c1cc3c(cc1CO[C@H]2CN(C)C)OCO3. The van der Waals surface area contributed by atoms with Gasteiger partial charge in [-0.15, -0.1) is 0 Å². The second kappa shape index (κ2) is 5.92. The zero-order chi connectivity index (χ0) is 16.7. The summed E-state index contributed by atoms with van der Waals surface area (Å²) in [6, 6.07) is 4.17. The third-order valence-corrected chi connectivity index (χ3v) is 4.96. The van der Waals surface area contributed by atoms with Gasteiger partial charge in [0.15, 0.2) is 11.5 Å². The van der Waals surface area contributed by atoms with Crippen LogP contribution in [0.3, 0.4) is 0 Å². The minimum atomic E-state index is -0.312. The molecule has 2 heterocycles. The minimum Gasteiger partial charge on any atom is -0.454 e. The van der Waals surface area contributed by atoms with Gasteiger partial charge in [-0.2, -0.15) is 0 Å². The first kappa shape index (κ1) is 15.7. The van der Waals surface area contributed by atoms with E-state index < -0.39 is 0 Å². The molecule has 0 saturated carbocycles. The standard InChI is InChI=1S/C19H23NO4/c1-20(2)10-18-19(6-4-14(21-3)5-7-19)15-9-17-16(23-12-24-17)8-13(15)11-22-18/h4-9,14,18H,10-12H2,1-3H3/t14?,18-,19?/m0/s1. The Labute approximate surface area is 142 Å². The average molecular weight is 329 g/mol. The molecule has 1 aromatic rings. The van der Waals surface area contributed by atoms with Crippen molar-refractivity contribution in [1.82, 2.24) is 4.90 Å². The summed E-state index contributed by atoms with van der Waals surface area (Å²) in [4.78, 5) is 2.16. The first-order valence-electron chi connectivity index (χ1n) is 8.23. The van der Waals surface area contributed by atoms with Gasteiger partial charge in [0.25, 0.3) is 0 Å². The molecule has 1 aliphatic carbocycles. The minimum absolute atomic E-state index is 0.00928. The lowest BCUT2D eigenvalue weighted by Crippen LogP contribution is -2.48. The molecule has 5 nitrogen and oxygen atoms in total. The molecule has 0 aromatic heterocycles. The van der Waals surface area contributed by atoms with E-state index in [9.17, 15) is 0 Å². The molecule has 2 aliphatic heterocycles. The van der Waals surface area contributed by atoms with Crippen LogP contribution < -0.4 is 9.47 Å². The predicted molar refractivity (Wildman–Crippen MR) is 90.5 cm³/mol. The molecule has 1 spiro atoms. The van der Waals surface area contributed by atoms with Gasteiger partial charge in [-0.1, -0.05) is 24.3 Å². The van der Waals surface area contributed by atoms with Crippen LogP contribution in [0.2, 0.25) is 0 Å². The Bertz CT molecular complexity index is 681. The fraction of sp³-hybridized carbons (Fsp3) is 0.474. The maximum atomic E-state index is 6.26. The fourth-order valence-corrected chi connectivity index (χ4v) is 3.72. The van der Waals surface area contributed by atoms with Crippen molar-refractivity contribution >= 4 is 0 Å². The van der Waals surface area contributed by atoms with Crippen molar-refractivity contribution in [1.29, 1.82) is 0 Å². The van der Waals surface area contributed by atoms with Gasteiger partial charge >= 0.3 is 0 Å². The molecule has 0 fully saturated rings. The summed E-state index contributed by atoms with van der Waals surface area (Å²) >= 11 is 0. The Morgan fingerprint density at radius 2 is 1.88 bits per heavy atom. The van der Waals surface area contributed by atoms with Crippen molar-refractivity contribution in [3.8, 4) is 11.5 Å². The second-order valence-corrected chi connectivity index (χ2v) is 6.78. The number of likely N-dealkylation sites (N-methyl/N-ethyl adjacent to an activating group) is 1. The molecule has 0 unspecified atom stereocenters. The summed E-state index contributed by atoms with van der Waals surface area (Å²) in [6.45, 7) is 1.70. The molecule has 0 N–H and O–H groups in total. The summed E-state index contributed by atoms with van der Waals surface area (Å²) in [6.07, 6.45) is 8.68. The molecule has 5 heteroatoms. The Morgan fingerprint density at radius 3 is 2.54 bits per heavy atom. The van der Waals surface area contributed by atoms with Gasteiger partial charge in [0.05, 0.1) is 24.2 Å². The number of ether oxygens (including phenoxy) is 4. The number of methoxy groups -OCH3 is 1. The van der Waals surface area contributed by atoms with Crippen LogP contribution in [0.1, 0.15) is 11.1 Å². The average Bonchev–Trinajstić information content (AvgIpc) is 3.04. The number of nitrogens with zero attached hydrogens (tertiary/aromatic N) is 1. The second-order valence-electron chi connectivity index (χ2n) is 6.78. The normalized spacial score (nSPS) is 30.2. The van der Waals surface area contributed by atoms with E-state index in [0.717, 1.165) is 23.6 Å². The van der Waals surface area contributed by atoms with Gasteiger partial charge in [-0.05, 0) is 37.4 Å². The zero-order valence-corrected chi connectivity index (χ0v) is 14.3. The Kier molecular flexibility index (Phi) is 3.87. The van der Waals surface area contributed by atoms with Crippen molar-refractivity contribution in [2.24, 2.45) is 0 Å². The fourth-order valence-electron chi connectivity index (χ4n) is 3.72. The van der Waals surface area contributed by atoms with Crippen LogP contribution in [0, 0.1) is 0 Å². The van der Waals surface area contributed by atoms with E-state index in [4.69, 9.17) is 18.9 Å². The molecule has 1 atom stereocenters. The highest BCUT2D eigenvalue weighted by molar-refractivity contribution is 5.56. The van der Waals surface area contributed by atoms with Crippen molar-refractivity contribution < 1.29 is 18.9 Å². The largest absolute Gasteiger partial charge is 0.454 e. The number of fused-ring (bicyclic) bond motifs is 3. The number of hydrogen-bond donors (Lipinski definition) is 0. The molecule has 4 rings (SSSR count). The van der Waals surface area contributed by atoms with E-state index in [1.807, 2.05) is 0 Å². The van der Waals surface area contributed by atoms with Gasteiger partial charge in [0, 0.05) is 13.7 Å². The molecule has 24 heavy (non-hydrogen) atoms. The van der Waals surface area contributed by atoms with Crippen molar-refractivity contribution in [2.45, 2.75) is 24.2 Å². The van der Waals surface area contributed by atoms with Crippen LogP contribution in [-0.2, 0) is 21.5 Å². The monoisotopic (exact) mass is 329 g/mol. The van der Waals surface area contributed by atoms with Crippen molar-refractivity contribution in [2.75, 3.05) is 34.5 Å². The molecule has 0 saturated heterocycles. The molecule has 0 bridgehead atoms. The Morgan fingerprint density at radius 1 is 1.17 bits per heavy atom. The highest BCUT2D eigenvalue weighted by atomic mass is 16.7. The van der Waals surface area contributed by atoms with Crippen molar-refractivity contribution in [3.63, 3.8) is 0 Å². The van der Waals surface area contributed by atoms with Gasteiger partial charge in [0.2, 0.25) is 6.79 Å². The van der Waals surface area contributed by atoms with Gasteiger partial charge < -0.3 is 23.8 Å². The first-order valence-corrected chi connectivity index (χ1v) is 8.23. The third kappa shape index (κ3) is 2.44. The maximum Gasteiger partial charge on any atom is 0.231 e. The number of rotatable bonds is 3. The molecule has 0 radical (unpaired) electrons. The molecular weight excluding hydrogens is 306 g/mol. The zero-order valence-electron chi connectivity index (χ0n) is 14.3. The Balaban J connectivity index is 1.82. The summed E-state index contributed by atoms with van der Waals surface area (Å²) in [7, 11) is 5.86. The highest BCUT2D eigenvalue weighted by Crippen LogP contribution is 2.46. The van der Waals surface area contributed by atoms with Gasteiger partial charge in [-0.25, -0.2) is 0 Å². The first-order chi connectivity index (χ1) is 11.6. The van der Waals surface area contributed by atoms with E-state index in [0.29, 0.717) is 6.61 Å². The van der Waals surface area contributed by atoms with E-state index >= 15 is 0 Å². The van der Waals surface area contributed by atoms with E-state index in [1.165, 1.54) is 5.56 Å². The van der Waals surface area contributed by atoms with Crippen LogP contribution in [0.15, 0.2) is 36.4 Å². The smallest absolute Gasteiger partial charge is 0.231 e. The maximum absolute atomic E-state index is 6.26. The van der Waals surface area contributed by atoms with Crippen LogP contribution >= 0.6 is 0 Å². The van der Waals surface area contributed by atoms with Crippen LogP contribution in [-0.4, -0.2) is 51.7 Å². The highest BCUT2D eigenvalue weighted by Gasteiger charge is 2.44. The summed E-state index contributed by atoms with van der Waals surface area (Å²) in [5, 5.41) is 0. The summed E-state index contributed by atoms with van der Waals surface area (Å²) in [5.74, 6) is 1.62. The van der Waals surface area contributed by atoms with Crippen molar-refractivity contribution in [3.05, 3.63) is 47.6 Å².